The van der Waals surface area contributed by atoms with Gasteiger partial charge in [-0.3, -0.25) is 9.59 Å². The molecule has 1 saturated heterocycles. The number of amides is 1. The second kappa shape index (κ2) is 7.26. The molecule has 2 aromatic heterocycles. The third kappa shape index (κ3) is 3.46. The molecule has 0 aliphatic carbocycles. The Morgan fingerprint density at radius 1 is 1.33 bits per heavy atom. The van der Waals surface area contributed by atoms with Crippen LogP contribution < -0.4 is 5.56 Å². The van der Waals surface area contributed by atoms with Crippen molar-refractivity contribution in [1.29, 1.82) is 0 Å². The first kappa shape index (κ1) is 20.1. The standard InChI is InChI=1S/C21H17ClF2N4O2/c1-3-4-16-18(13-5-6-15(23)14(22)9-13)19-20(30)26(7-8-28(19)25-16)10-17(29)27-11-21(2,24)12-27/h5-9H,10-12H2,1-2H3. The molecule has 4 rings (SSSR count). The number of hydrogen-bond donors (Lipinski definition) is 0. The maximum absolute atomic E-state index is 13.7. The third-order valence-electron chi connectivity index (χ3n) is 4.91. The normalized spacial score (nSPS) is 14.9. The lowest BCUT2D eigenvalue weighted by Gasteiger charge is -2.42. The molecule has 9 heteroatoms. The van der Waals surface area contributed by atoms with Crippen molar-refractivity contribution in [2.75, 3.05) is 13.1 Å². The number of hydrogen-bond acceptors (Lipinski definition) is 3. The molecule has 3 aromatic rings. The van der Waals surface area contributed by atoms with Gasteiger partial charge >= 0.3 is 0 Å². The number of carbonyl (C=O) groups is 1. The second-order valence-electron chi connectivity index (χ2n) is 7.42. The number of fused-ring (bicyclic) bond motifs is 1. The second-order valence-corrected chi connectivity index (χ2v) is 7.82. The van der Waals surface area contributed by atoms with Crippen molar-refractivity contribution in [2.24, 2.45) is 0 Å². The molecule has 6 nitrogen and oxygen atoms in total. The van der Waals surface area contributed by atoms with Gasteiger partial charge in [-0.05, 0) is 37.5 Å². The summed E-state index contributed by atoms with van der Waals surface area (Å²) in [5, 5.41) is 4.24. The summed E-state index contributed by atoms with van der Waals surface area (Å²) in [4.78, 5) is 27.0. The fourth-order valence-corrected chi connectivity index (χ4v) is 3.70. The summed E-state index contributed by atoms with van der Waals surface area (Å²) < 4.78 is 30.0. The van der Waals surface area contributed by atoms with Gasteiger partial charge in [-0.2, -0.15) is 5.10 Å². The Kier molecular flexibility index (Phi) is 4.86. The number of rotatable bonds is 3. The highest BCUT2D eigenvalue weighted by Gasteiger charge is 2.41. The molecule has 0 radical (unpaired) electrons. The van der Waals surface area contributed by atoms with Gasteiger partial charge in [0, 0.05) is 18.0 Å². The van der Waals surface area contributed by atoms with Crippen molar-refractivity contribution in [1.82, 2.24) is 19.1 Å². The van der Waals surface area contributed by atoms with Gasteiger partial charge in [-0.15, -0.1) is 0 Å². The SMILES string of the molecule is CC#Cc1nn2ccn(CC(=O)N3CC(C)(F)C3)c(=O)c2c1-c1ccc(F)c(Cl)c1. The summed E-state index contributed by atoms with van der Waals surface area (Å²) in [7, 11) is 0. The molecule has 0 atom stereocenters. The first-order chi connectivity index (χ1) is 14.2. The van der Waals surface area contributed by atoms with E-state index in [0.29, 0.717) is 16.8 Å². The van der Waals surface area contributed by atoms with Gasteiger partial charge in [-0.25, -0.2) is 13.3 Å². The molecule has 154 valence electrons. The maximum Gasteiger partial charge on any atom is 0.277 e. The minimum Gasteiger partial charge on any atom is -0.335 e. The van der Waals surface area contributed by atoms with Crippen molar-refractivity contribution in [3.63, 3.8) is 0 Å². The molecular formula is C21H17ClF2N4O2. The van der Waals surface area contributed by atoms with E-state index in [1.807, 2.05) is 0 Å². The Morgan fingerprint density at radius 3 is 2.70 bits per heavy atom. The van der Waals surface area contributed by atoms with Crippen LogP contribution in [0.2, 0.25) is 5.02 Å². The average molecular weight is 431 g/mol. The fourth-order valence-electron chi connectivity index (χ4n) is 3.52. The molecule has 0 spiro atoms. The molecular weight excluding hydrogens is 414 g/mol. The zero-order valence-electron chi connectivity index (χ0n) is 16.2. The lowest BCUT2D eigenvalue weighted by atomic mass is 9.99. The molecule has 1 aliphatic rings. The summed E-state index contributed by atoms with van der Waals surface area (Å²) in [5.41, 5.74) is -0.466. The van der Waals surface area contributed by atoms with Gasteiger partial charge in [0.25, 0.3) is 5.56 Å². The Bertz CT molecular complexity index is 1290. The molecule has 30 heavy (non-hydrogen) atoms. The highest BCUT2D eigenvalue weighted by atomic mass is 35.5. The van der Waals surface area contributed by atoms with E-state index in [9.17, 15) is 18.4 Å². The Labute approximate surface area is 175 Å². The topological polar surface area (TPSA) is 59.6 Å². The number of nitrogens with zero attached hydrogens (tertiary/aromatic N) is 4. The lowest BCUT2D eigenvalue weighted by molar-refractivity contribution is -0.144. The molecule has 1 fully saturated rings. The van der Waals surface area contributed by atoms with Crippen LogP contribution in [0.25, 0.3) is 16.6 Å². The van der Waals surface area contributed by atoms with Crippen LogP contribution in [0.1, 0.15) is 19.5 Å². The molecule has 3 heterocycles. The quantitative estimate of drug-likeness (QED) is 0.600. The van der Waals surface area contributed by atoms with E-state index in [1.54, 1.807) is 6.92 Å². The van der Waals surface area contributed by atoms with Gasteiger partial charge in [0.2, 0.25) is 5.91 Å². The van der Waals surface area contributed by atoms with E-state index in [-0.39, 0.29) is 36.1 Å². The van der Waals surface area contributed by atoms with Crippen LogP contribution in [-0.2, 0) is 11.3 Å². The molecule has 1 aliphatic heterocycles. The number of carbonyl (C=O) groups excluding carboxylic acids is 1. The van der Waals surface area contributed by atoms with Crippen LogP contribution in [-0.4, -0.2) is 43.7 Å². The van der Waals surface area contributed by atoms with Crippen molar-refractivity contribution < 1.29 is 13.6 Å². The maximum atomic E-state index is 13.7. The molecule has 1 amide bonds. The van der Waals surface area contributed by atoms with Gasteiger partial charge in [0.15, 0.2) is 0 Å². The van der Waals surface area contributed by atoms with Crippen molar-refractivity contribution in [3.8, 4) is 23.0 Å². The minimum atomic E-state index is -1.39. The average Bonchev–Trinajstić information content (AvgIpc) is 3.03. The largest absolute Gasteiger partial charge is 0.335 e. The number of halogens is 3. The summed E-state index contributed by atoms with van der Waals surface area (Å²) in [6.45, 7) is 2.84. The van der Waals surface area contributed by atoms with E-state index >= 15 is 0 Å². The Balaban J connectivity index is 1.82. The van der Waals surface area contributed by atoms with Crippen LogP contribution >= 0.6 is 11.6 Å². The molecule has 0 N–H and O–H groups in total. The van der Waals surface area contributed by atoms with Crippen molar-refractivity contribution in [2.45, 2.75) is 26.1 Å². The van der Waals surface area contributed by atoms with Gasteiger partial charge in [0.05, 0.1) is 18.1 Å². The molecule has 0 bridgehead atoms. The summed E-state index contributed by atoms with van der Waals surface area (Å²) >= 11 is 5.93. The minimum absolute atomic E-state index is 0.00504. The zero-order chi connectivity index (χ0) is 21.6. The summed E-state index contributed by atoms with van der Waals surface area (Å²) in [6, 6.07) is 4.09. The monoisotopic (exact) mass is 430 g/mol. The zero-order valence-corrected chi connectivity index (χ0v) is 17.0. The number of aromatic nitrogens is 3. The summed E-state index contributed by atoms with van der Waals surface area (Å²) in [6.07, 6.45) is 2.98. The smallest absolute Gasteiger partial charge is 0.277 e. The van der Waals surface area contributed by atoms with E-state index in [1.165, 1.54) is 51.5 Å². The van der Waals surface area contributed by atoms with Gasteiger partial charge in [-0.1, -0.05) is 23.6 Å². The summed E-state index contributed by atoms with van der Waals surface area (Å²) in [5.74, 6) is 4.66. The third-order valence-corrected chi connectivity index (χ3v) is 5.20. The van der Waals surface area contributed by atoms with Gasteiger partial charge in [0.1, 0.15) is 29.2 Å². The van der Waals surface area contributed by atoms with Gasteiger partial charge < -0.3 is 9.47 Å². The van der Waals surface area contributed by atoms with E-state index in [2.05, 4.69) is 16.9 Å². The highest BCUT2D eigenvalue weighted by molar-refractivity contribution is 6.31. The van der Waals surface area contributed by atoms with E-state index < -0.39 is 17.0 Å². The predicted octanol–water partition coefficient (Wildman–Crippen LogP) is 2.90. The fraction of sp³-hybridized carbons (Fsp3) is 0.286. The van der Waals surface area contributed by atoms with Crippen LogP contribution in [0.4, 0.5) is 8.78 Å². The number of benzene rings is 1. The van der Waals surface area contributed by atoms with Crippen LogP contribution in [0.3, 0.4) is 0 Å². The predicted molar refractivity (Wildman–Crippen MR) is 109 cm³/mol. The van der Waals surface area contributed by atoms with Crippen molar-refractivity contribution >= 4 is 23.0 Å². The molecule has 0 saturated carbocycles. The molecule has 0 unspecified atom stereocenters. The van der Waals surface area contributed by atoms with E-state index in [0.717, 1.165) is 0 Å². The number of likely N-dealkylation sites (tertiary alicyclic amines) is 1. The number of alkyl halides is 1. The van der Waals surface area contributed by atoms with Crippen molar-refractivity contribution in [3.05, 3.63) is 57.5 Å². The Hall–Kier alpha value is -3.18. The highest BCUT2D eigenvalue weighted by Crippen LogP contribution is 2.30. The first-order valence-corrected chi connectivity index (χ1v) is 9.54. The van der Waals surface area contributed by atoms with E-state index in [4.69, 9.17) is 11.6 Å². The van der Waals surface area contributed by atoms with Crippen LogP contribution in [0.15, 0.2) is 35.4 Å². The van der Waals surface area contributed by atoms with Crippen LogP contribution in [0, 0.1) is 17.7 Å². The van der Waals surface area contributed by atoms with Crippen LogP contribution in [0.5, 0.6) is 0 Å². The first-order valence-electron chi connectivity index (χ1n) is 9.17. The lowest BCUT2D eigenvalue weighted by Crippen LogP contribution is -2.60. The Morgan fingerprint density at radius 2 is 2.07 bits per heavy atom. The molecule has 1 aromatic carbocycles.